The Labute approximate surface area is 97.2 Å². The van der Waals surface area contributed by atoms with Gasteiger partial charge in [-0.05, 0) is 45.6 Å². The van der Waals surface area contributed by atoms with Crippen molar-refractivity contribution in [2.45, 2.75) is 51.0 Å². The molecule has 3 heteroatoms. The van der Waals surface area contributed by atoms with Crippen LogP contribution in [0.4, 0.5) is 0 Å². The Kier molecular flexibility index (Phi) is 2.00. The van der Waals surface area contributed by atoms with Crippen molar-refractivity contribution in [1.29, 1.82) is 0 Å². The molecule has 1 saturated heterocycles. The van der Waals surface area contributed by atoms with Crippen molar-refractivity contribution in [2.24, 2.45) is 0 Å². The van der Waals surface area contributed by atoms with Crippen LogP contribution in [0.25, 0.3) is 0 Å². The van der Waals surface area contributed by atoms with E-state index < -0.39 is 0 Å². The van der Waals surface area contributed by atoms with E-state index in [-0.39, 0.29) is 5.54 Å². The highest BCUT2D eigenvalue weighted by Crippen LogP contribution is 2.39. The predicted molar refractivity (Wildman–Crippen MR) is 64.7 cm³/mol. The van der Waals surface area contributed by atoms with Gasteiger partial charge in [0.15, 0.2) is 0 Å². The SMILES string of the molecule is CC(C)(C)n1cc2c(n1)C1(CCC2)CNC1. The summed E-state index contributed by atoms with van der Waals surface area (Å²) in [6, 6.07) is 0. The van der Waals surface area contributed by atoms with E-state index in [0.717, 1.165) is 13.1 Å². The highest BCUT2D eigenvalue weighted by atomic mass is 15.3. The first kappa shape index (κ1) is 10.3. The smallest absolute Gasteiger partial charge is 0.0743 e. The average Bonchev–Trinajstić information content (AvgIpc) is 2.57. The van der Waals surface area contributed by atoms with Crippen molar-refractivity contribution >= 4 is 0 Å². The molecule has 0 radical (unpaired) electrons. The van der Waals surface area contributed by atoms with Gasteiger partial charge in [-0.3, -0.25) is 4.68 Å². The molecular weight excluding hydrogens is 198 g/mol. The van der Waals surface area contributed by atoms with Gasteiger partial charge in [0.2, 0.25) is 0 Å². The van der Waals surface area contributed by atoms with E-state index in [4.69, 9.17) is 5.10 Å². The van der Waals surface area contributed by atoms with Gasteiger partial charge in [-0.25, -0.2) is 0 Å². The normalized spacial score (nSPS) is 22.9. The molecule has 0 unspecified atom stereocenters. The van der Waals surface area contributed by atoms with E-state index in [2.05, 4.69) is 37.0 Å². The van der Waals surface area contributed by atoms with Crippen LogP contribution in [-0.4, -0.2) is 22.9 Å². The Balaban J connectivity index is 2.05. The maximum absolute atomic E-state index is 4.87. The predicted octanol–water partition coefficient (Wildman–Crippen LogP) is 1.82. The van der Waals surface area contributed by atoms with Crippen molar-refractivity contribution in [3.63, 3.8) is 0 Å². The quantitative estimate of drug-likeness (QED) is 0.721. The number of hydrogen-bond donors (Lipinski definition) is 1. The zero-order valence-electron chi connectivity index (χ0n) is 10.5. The van der Waals surface area contributed by atoms with Gasteiger partial charge in [-0.15, -0.1) is 0 Å². The summed E-state index contributed by atoms with van der Waals surface area (Å²) in [5, 5.41) is 8.29. The number of hydrogen-bond acceptors (Lipinski definition) is 2. The molecule has 1 aromatic rings. The maximum Gasteiger partial charge on any atom is 0.0743 e. The lowest BCUT2D eigenvalue weighted by Gasteiger charge is -2.44. The minimum absolute atomic E-state index is 0.107. The Morgan fingerprint density at radius 2 is 2.12 bits per heavy atom. The third-order valence-corrected chi connectivity index (χ3v) is 4.01. The molecule has 88 valence electrons. The van der Waals surface area contributed by atoms with Gasteiger partial charge in [-0.1, -0.05) is 0 Å². The molecule has 0 saturated carbocycles. The number of fused-ring (bicyclic) bond motifs is 2. The Morgan fingerprint density at radius 1 is 1.38 bits per heavy atom. The third-order valence-electron chi connectivity index (χ3n) is 4.01. The first-order valence-electron chi connectivity index (χ1n) is 6.32. The zero-order chi connectivity index (χ0) is 11.4. The number of rotatable bonds is 0. The van der Waals surface area contributed by atoms with Crippen LogP contribution in [0, 0.1) is 0 Å². The van der Waals surface area contributed by atoms with Gasteiger partial charge in [0, 0.05) is 24.7 Å². The van der Waals surface area contributed by atoms with Crippen LogP contribution in [0.5, 0.6) is 0 Å². The van der Waals surface area contributed by atoms with Crippen LogP contribution in [0.3, 0.4) is 0 Å². The van der Waals surface area contributed by atoms with Crippen LogP contribution < -0.4 is 5.32 Å². The molecule has 1 N–H and O–H groups in total. The molecule has 2 heterocycles. The van der Waals surface area contributed by atoms with Crippen LogP contribution in [0.1, 0.15) is 44.9 Å². The van der Waals surface area contributed by atoms with Crippen LogP contribution in [0.15, 0.2) is 6.20 Å². The summed E-state index contributed by atoms with van der Waals surface area (Å²) in [7, 11) is 0. The summed E-state index contributed by atoms with van der Waals surface area (Å²) in [4.78, 5) is 0. The van der Waals surface area contributed by atoms with E-state index in [1.807, 2.05) is 0 Å². The Morgan fingerprint density at radius 3 is 2.69 bits per heavy atom. The highest BCUT2D eigenvalue weighted by molar-refractivity contribution is 5.33. The molecule has 0 amide bonds. The first-order valence-corrected chi connectivity index (χ1v) is 6.32. The summed E-state index contributed by atoms with van der Waals surface area (Å²) >= 11 is 0. The minimum Gasteiger partial charge on any atom is -0.315 e. The van der Waals surface area contributed by atoms with Crippen molar-refractivity contribution in [3.05, 3.63) is 17.5 Å². The fourth-order valence-electron chi connectivity index (χ4n) is 2.89. The molecule has 1 aliphatic heterocycles. The van der Waals surface area contributed by atoms with Crippen LogP contribution in [-0.2, 0) is 17.4 Å². The van der Waals surface area contributed by atoms with Gasteiger partial charge in [0.25, 0.3) is 0 Å². The first-order chi connectivity index (χ1) is 7.51. The molecule has 0 atom stereocenters. The summed E-state index contributed by atoms with van der Waals surface area (Å²) in [6.07, 6.45) is 6.13. The highest BCUT2D eigenvalue weighted by Gasteiger charge is 2.44. The molecule has 1 aliphatic carbocycles. The van der Waals surface area contributed by atoms with Crippen molar-refractivity contribution in [1.82, 2.24) is 15.1 Å². The van der Waals surface area contributed by atoms with Crippen LogP contribution in [0.2, 0.25) is 0 Å². The van der Waals surface area contributed by atoms with E-state index in [9.17, 15) is 0 Å². The molecule has 16 heavy (non-hydrogen) atoms. The molecule has 1 aromatic heterocycles. The van der Waals surface area contributed by atoms with Crippen LogP contribution >= 0.6 is 0 Å². The second kappa shape index (κ2) is 3.10. The van der Waals surface area contributed by atoms with E-state index in [1.54, 1.807) is 0 Å². The minimum atomic E-state index is 0.107. The van der Waals surface area contributed by atoms with E-state index in [1.165, 1.54) is 30.5 Å². The van der Waals surface area contributed by atoms with Gasteiger partial charge in [-0.2, -0.15) is 5.10 Å². The molecular formula is C13H21N3. The standard InChI is InChI=1S/C13H21N3/c1-12(2,3)16-7-10-5-4-6-13(8-14-9-13)11(10)15-16/h7,14H,4-6,8-9H2,1-3H3. The van der Waals surface area contributed by atoms with Crippen molar-refractivity contribution in [3.8, 4) is 0 Å². The summed E-state index contributed by atoms with van der Waals surface area (Å²) in [6.45, 7) is 8.91. The Hall–Kier alpha value is -0.830. The second-order valence-electron chi connectivity index (χ2n) is 6.36. The monoisotopic (exact) mass is 219 g/mol. The average molecular weight is 219 g/mol. The van der Waals surface area contributed by atoms with Gasteiger partial charge < -0.3 is 5.32 Å². The molecule has 1 spiro atoms. The molecule has 0 aromatic carbocycles. The molecule has 1 fully saturated rings. The lowest BCUT2D eigenvalue weighted by Crippen LogP contribution is -2.58. The second-order valence-corrected chi connectivity index (χ2v) is 6.36. The van der Waals surface area contributed by atoms with E-state index >= 15 is 0 Å². The number of nitrogens with zero attached hydrogens (tertiary/aromatic N) is 2. The largest absolute Gasteiger partial charge is 0.315 e. The van der Waals surface area contributed by atoms with Gasteiger partial charge in [0.05, 0.1) is 11.2 Å². The van der Waals surface area contributed by atoms with Gasteiger partial charge in [0.1, 0.15) is 0 Å². The number of aryl methyl sites for hydroxylation is 1. The molecule has 3 rings (SSSR count). The third kappa shape index (κ3) is 1.34. The summed E-state index contributed by atoms with van der Waals surface area (Å²) in [5.74, 6) is 0. The fourth-order valence-corrected chi connectivity index (χ4v) is 2.89. The lowest BCUT2D eigenvalue weighted by atomic mass is 9.69. The fraction of sp³-hybridized carbons (Fsp3) is 0.769. The van der Waals surface area contributed by atoms with Crippen molar-refractivity contribution in [2.75, 3.05) is 13.1 Å². The molecule has 2 aliphatic rings. The zero-order valence-corrected chi connectivity index (χ0v) is 10.5. The van der Waals surface area contributed by atoms with Crippen molar-refractivity contribution < 1.29 is 0 Å². The molecule has 3 nitrogen and oxygen atoms in total. The van der Waals surface area contributed by atoms with Gasteiger partial charge >= 0.3 is 0 Å². The topological polar surface area (TPSA) is 29.9 Å². The summed E-state index contributed by atoms with van der Waals surface area (Å²) < 4.78 is 2.16. The molecule has 0 bridgehead atoms. The summed E-state index contributed by atoms with van der Waals surface area (Å²) in [5.41, 5.74) is 3.36. The van der Waals surface area contributed by atoms with E-state index in [0.29, 0.717) is 5.41 Å². The number of aromatic nitrogens is 2. The lowest BCUT2D eigenvalue weighted by molar-refractivity contribution is 0.228. The maximum atomic E-state index is 4.87. The number of nitrogens with one attached hydrogen (secondary N) is 1. The Bertz CT molecular complexity index is 407.